The molecule has 0 radical (unpaired) electrons. The highest BCUT2D eigenvalue weighted by atomic mass is 16.3. The third kappa shape index (κ3) is 4.84. The Kier molecular flexibility index (Phi) is 6.40. The predicted molar refractivity (Wildman–Crippen MR) is 141 cm³/mol. The van der Waals surface area contributed by atoms with E-state index >= 15 is 0 Å². The molecular formula is C29H30N6O2. The lowest BCUT2D eigenvalue weighted by Crippen LogP contribution is -2.35. The lowest BCUT2D eigenvalue weighted by atomic mass is 10.0. The minimum absolute atomic E-state index is 0.137. The Balaban J connectivity index is 1.53. The van der Waals surface area contributed by atoms with Gasteiger partial charge >= 0.3 is 0 Å². The van der Waals surface area contributed by atoms with Gasteiger partial charge in [-0.2, -0.15) is 0 Å². The number of nitrogens with zero attached hydrogens (tertiary/aromatic N) is 5. The van der Waals surface area contributed by atoms with Crippen LogP contribution in [-0.2, 0) is 13.1 Å². The van der Waals surface area contributed by atoms with Gasteiger partial charge in [-0.05, 0) is 71.0 Å². The summed E-state index contributed by atoms with van der Waals surface area (Å²) in [5.74, 6) is 1.50. The molecule has 0 saturated heterocycles. The van der Waals surface area contributed by atoms with E-state index in [-0.39, 0.29) is 11.6 Å². The number of nitrogens with one attached hydrogen (secondary N) is 1. The summed E-state index contributed by atoms with van der Waals surface area (Å²) in [6.45, 7) is 3.11. The Hall–Kier alpha value is -4.04. The van der Waals surface area contributed by atoms with Crippen LogP contribution in [0.15, 0.2) is 82.2 Å². The Morgan fingerprint density at radius 2 is 1.89 bits per heavy atom. The van der Waals surface area contributed by atoms with Gasteiger partial charge < -0.3 is 9.40 Å². The SMILES string of the molecule is Cc1ccc2cc([C@@H](c3nnnn3C3CCCC3)N(Cc3ccccc3)Cc3ccco3)c(=O)[nH]c2c1. The first kappa shape index (κ1) is 23.4. The predicted octanol–water partition coefficient (Wildman–Crippen LogP) is 5.32. The number of furan rings is 1. The highest BCUT2D eigenvalue weighted by molar-refractivity contribution is 5.79. The van der Waals surface area contributed by atoms with Crippen molar-refractivity contribution in [3.8, 4) is 0 Å². The van der Waals surface area contributed by atoms with Gasteiger partial charge in [-0.3, -0.25) is 9.69 Å². The average molecular weight is 495 g/mol. The highest BCUT2D eigenvalue weighted by Gasteiger charge is 2.33. The largest absolute Gasteiger partial charge is 0.468 e. The molecule has 0 amide bonds. The van der Waals surface area contributed by atoms with Crippen molar-refractivity contribution in [1.82, 2.24) is 30.1 Å². The van der Waals surface area contributed by atoms with Crippen LogP contribution in [0.3, 0.4) is 0 Å². The van der Waals surface area contributed by atoms with E-state index in [9.17, 15) is 4.79 Å². The number of aromatic nitrogens is 5. The van der Waals surface area contributed by atoms with Gasteiger partial charge in [0, 0.05) is 17.6 Å². The van der Waals surface area contributed by atoms with Gasteiger partial charge in [0.25, 0.3) is 5.56 Å². The number of aromatic amines is 1. The van der Waals surface area contributed by atoms with E-state index in [4.69, 9.17) is 4.42 Å². The molecular weight excluding hydrogens is 464 g/mol. The summed E-state index contributed by atoms with van der Waals surface area (Å²) in [6.07, 6.45) is 6.07. The maximum atomic E-state index is 13.7. The van der Waals surface area contributed by atoms with Gasteiger partial charge in [0.1, 0.15) is 11.8 Å². The molecule has 37 heavy (non-hydrogen) atoms. The molecule has 1 aliphatic rings. The van der Waals surface area contributed by atoms with Gasteiger partial charge in [-0.25, -0.2) is 4.68 Å². The molecule has 188 valence electrons. The lowest BCUT2D eigenvalue weighted by Gasteiger charge is -2.31. The number of pyridine rings is 1. The molecule has 0 bridgehead atoms. The summed E-state index contributed by atoms with van der Waals surface area (Å²) < 4.78 is 7.72. The molecule has 8 nitrogen and oxygen atoms in total. The number of H-pyrrole nitrogens is 1. The third-order valence-corrected chi connectivity index (χ3v) is 7.29. The van der Waals surface area contributed by atoms with E-state index in [1.807, 2.05) is 54.1 Å². The molecule has 1 N–H and O–H groups in total. The highest BCUT2D eigenvalue weighted by Crippen LogP contribution is 2.35. The molecule has 0 spiro atoms. The van der Waals surface area contributed by atoms with Crippen LogP contribution in [-0.4, -0.2) is 30.1 Å². The van der Waals surface area contributed by atoms with Crippen molar-refractivity contribution in [2.75, 3.05) is 0 Å². The van der Waals surface area contributed by atoms with Crippen molar-refractivity contribution in [1.29, 1.82) is 0 Å². The normalized spacial score (nSPS) is 15.1. The molecule has 1 fully saturated rings. The van der Waals surface area contributed by atoms with Crippen LogP contribution in [0.1, 0.15) is 66.0 Å². The van der Waals surface area contributed by atoms with E-state index in [1.54, 1.807) is 6.26 Å². The standard InChI is InChI=1S/C29H30N6O2/c1-20-13-14-22-17-25(29(36)30-26(22)16-20)27(28-31-32-33-35(28)23-10-5-6-11-23)34(19-24-12-7-15-37-24)18-21-8-3-2-4-9-21/h2-4,7-9,12-17,23,27H,5-6,10-11,18-19H2,1H3,(H,30,36)/t27-/m0/s1. The summed E-state index contributed by atoms with van der Waals surface area (Å²) in [5.41, 5.74) is 3.53. The minimum atomic E-state index is -0.477. The first-order valence-corrected chi connectivity index (χ1v) is 12.9. The number of hydrogen-bond donors (Lipinski definition) is 1. The van der Waals surface area contributed by atoms with E-state index in [2.05, 4.69) is 49.7 Å². The van der Waals surface area contributed by atoms with Gasteiger partial charge in [-0.1, -0.05) is 55.3 Å². The van der Waals surface area contributed by atoms with Crippen LogP contribution >= 0.6 is 0 Å². The van der Waals surface area contributed by atoms with Crippen LogP contribution in [0.2, 0.25) is 0 Å². The number of fused-ring (bicyclic) bond motifs is 1. The molecule has 0 unspecified atom stereocenters. The second-order valence-electron chi connectivity index (χ2n) is 9.94. The maximum Gasteiger partial charge on any atom is 0.253 e. The monoisotopic (exact) mass is 494 g/mol. The first-order valence-electron chi connectivity index (χ1n) is 12.9. The first-order chi connectivity index (χ1) is 18.2. The molecule has 1 atom stereocenters. The van der Waals surface area contributed by atoms with Crippen LogP contribution in [0.4, 0.5) is 0 Å². The van der Waals surface area contributed by atoms with Crippen molar-refractivity contribution in [3.05, 3.63) is 112 Å². The zero-order chi connectivity index (χ0) is 25.2. The van der Waals surface area contributed by atoms with Gasteiger partial charge in [0.2, 0.25) is 0 Å². The van der Waals surface area contributed by atoms with Crippen molar-refractivity contribution >= 4 is 10.9 Å². The summed E-state index contributed by atoms with van der Waals surface area (Å²) in [7, 11) is 0. The summed E-state index contributed by atoms with van der Waals surface area (Å²) >= 11 is 0. The Bertz CT molecular complexity index is 1530. The van der Waals surface area contributed by atoms with Crippen molar-refractivity contribution < 1.29 is 4.42 Å². The minimum Gasteiger partial charge on any atom is -0.468 e. The Morgan fingerprint density at radius 1 is 1.05 bits per heavy atom. The Morgan fingerprint density at radius 3 is 2.68 bits per heavy atom. The number of benzene rings is 2. The fourth-order valence-electron chi connectivity index (χ4n) is 5.48. The van der Waals surface area contributed by atoms with E-state index in [0.717, 1.165) is 53.5 Å². The number of aryl methyl sites for hydroxylation is 1. The molecule has 3 heterocycles. The van der Waals surface area contributed by atoms with Crippen LogP contribution in [0, 0.1) is 6.92 Å². The second kappa shape index (κ2) is 10.1. The third-order valence-electron chi connectivity index (χ3n) is 7.29. The number of hydrogen-bond acceptors (Lipinski definition) is 6. The van der Waals surface area contributed by atoms with Crippen LogP contribution < -0.4 is 5.56 Å². The molecule has 0 aliphatic heterocycles. The van der Waals surface area contributed by atoms with Crippen molar-refractivity contribution in [2.45, 2.75) is 57.8 Å². The quantitative estimate of drug-likeness (QED) is 0.314. The van der Waals surface area contributed by atoms with Crippen molar-refractivity contribution in [3.63, 3.8) is 0 Å². The smallest absolute Gasteiger partial charge is 0.253 e. The number of tetrazole rings is 1. The van der Waals surface area contributed by atoms with Crippen LogP contribution in [0.25, 0.3) is 10.9 Å². The molecule has 5 aromatic rings. The Labute approximate surface area is 214 Å². The summed E-state index contributed by atoms with van der Waals surface area (Å²) in [4.78, 5) is 19.0. The van der Waals surface area contributed by atoms with Crippen LogP contribution in [0.5, 0.6) is 0 Å². The van der Waals surface area contributed by atoms with Crippen molar-refractivity contribution in [2.24, 2.45) is 0 Å². The van der Waals surface area contributed by atoms with E-state index in [1.165, 1.54) is 0 Å². The molecule has 3 aromatic heterocycles. The topological polar surface area (TPSA) is 92.8 Å². The van der Waals surface area contributed by atoms with E-state index < -0.39 is 6.04 Å². The fraction of sp³-hybridized carbons (Fsp3) is 0.310. The maximum absolute atomic E-state index is 13.7. The van der Waals surface area contributed by atoms with Gasteiger partial charge in [0.15, 0.2) is 5.82 Å². The summed E-state index contributed by atoms with van der Waals surface area (Å²) in [6, 6.07) is 22.0. The zero-order valence-corrected chi connectivity index (χ0v) is 20.9. The van der Waals surface area contributed by atoms with Gasteiger partial charge in [0.05, 0.1) is 18.8 Å². The van der Waals surface area contributed by atoms with E-state index in [0.29, 0.717) is 24.5 Å². The molecule has 2 aromatic carbocycles. The zero-order valence-electron chi connectivity index (χ0n) is 20.9. The lowest BCUT2D eigenvalue weighted by molar-refractivity contribution is 0.176. The average Bonchev–Trinajstić information content (AvgIpc) is 3.68. The summed E-state index contributed by atoms with van der Waals surface area (Å²) in [5, 5.41) is 14.0. The molecule has 8 heteroatoms. The van der Waals surface area contributed by atoms with Gasteiger partial charge in [-0.15, -0.1) is 5.10 Å². The fourth-order valence-corrected chi connectivity index (χ4v) is 5.48. The molecule has 6 rings (SSSR count). The second-order valence-corrected chi connectivity index (χ2v) is 9.94. The number of rotatable bonds is 8. The molecule has 1 aliphatic carbocycles. The molecule has 1 saturated carbocycles.